The van der Waals surface area contributed by atoms with Crippen molar-refractivity contribution >= 4 is 0 Å². The van der Waals surface area contributed by atoms with Crippen molar-refractivity contribution in [3.8, 4) is 0 Å². The van der Waals surface area contributed by atoms with Crippen molar-refractivity contribution in [2.24, 2.45) is 5.92 Å². The number of rotatable bonds is 4. The van der Waals surface area contributed by atoms with E-state index < -0.39 is 0 Å². The Morgan fingerprint density at radius 1 is 1.43 bits per heavy atom. The van der Waals surface area contributed by atoms with Crippen LogP contribution in [0.5, 0.6) is 0 Å². The van der Waals surface area contributed by atoms with Crippen molar-refractivity contribution in [1.82, 2.24) is 19.8 Å². The number of likely N-dealkylation sites (N-methyl/N-ethyl adjacent to an activating group) is 1. The Labute approximate surface area is 127 Å². The molecule has 3 heterocycles. The van der Waals surface area contributed by atoms with Crippen molar-refractivity contribution < 1.29 is 4.74 Å². The lowest BCUT2D eigenvalue weighted by molar-refractivity contribution is -0.0282. The van der Waals surface area contributed by atoms with E-state index in [1.165, 1.54) is 17.2 Å². The van der Waals surface area contributed by atoms with E-state index in [0.717, 1.165) is 52.2 Å². The topological polar surface area (TPSA) is 42.3 Å². The van der Waals surface area contributed by atoms with Gasteiger partial charge in [-0.25, -0.2) is 4.98 Å². The summed E-state index contributed by atoms with van der Waals surface area (Å²) in [4.78, 5) is 7.27. The second kappa shape index (κ2) is 6.46. The van der Waals surface area contributed by atoms with Gasteiger partial charge in [-0.1, -0.05) is 13.8 Å². The lowest BCUT2D eigenvalue weighted by atomic mass is 10.1. The number of imidazole rings is 1. The Morgan fingerprint density at radius 2 is 2.29 bits per heavy atom. The largest absolute Gasteiger partial charge is 0.374 e. The van der Waals surface area contributed by atoms with Gasteiger partial charge >= 0.3 is 0 Å². The summed E-state index contributed by atoms with van der Waals surface area (Å²) < 4.78 is 8.43. The molecule has 0 spiro atoms. The van der Waals surface area contributed by atoms with E-state index in [1.54, 1.807) is 0 Å². The van der Waals surface area contributed by atoms with Gasteiger partial charge in [0, 0.05) is 44.7 Å². The van der Waals surface area contributed by atoms with Gasteiger partial charge in [-0.2, -0.15) is 0 Å². The smallest absolute Gasteiger partial charge is 0.109 e. The van der Waals surface area contributed by atoms with E-state index in [4.69, 9.17) is 9.72 Å². The van der Waals surface area contributed by atoms with Gasteiger partial charge in [0.05, 0.1) is 24.9 Å². The first-order chi connectivity index (χ1) is 10.1. The van der Waals surface area contributed by atoms with Crippen molar-refractivity contribution in [2.75, 3.05) is 33.3 Å². The first kappa shape index (κ1) is 15.0. The summed E-state index contributed by atoms with van der Waals surface area (Å²) in [5, 5.41) is 3.43. The molecule has 1 N–H and O–H groups in total. The molecular weight excluding hydrogens is 264 g/mol. The maximum Gasteiger partial charge on any atom is 0.109 e. The van der Waals surface area contributed by atoms with Crippen LogP contribution in [-0.4, -0.2) is 53.8 Å². The van der Waals surface area contributed by atoms with Crippen LogP contribution in [0.1, 0.15) is 31.1 Å². The highest BCUT2D eigenvalue weighted by Crippen LogP contribution is 2.20. The van der Waals surface area contributed by atoms with Gasteiger partial charge in [-0.3, -0.25) is 0 Å². The van der Waals surface area contributed by atoms with Crippen LogP contribution in [-0.2, 0) is 30.7 Å². The number of ether oxygens (including phenoxy) is 1. The summed E-state index contributed by atoms with van der Waals surface area (Å²) in [6.07, 6.45) is 2.43. The molecule has 0 aromatic carbocycles. The fourth-order valence-corrected chi connectivity index (χ4v) is 3.34. The van der Waals surface area contributed by atoms with Gasteiger partial charge in [-0.15, -0.1) is 0 Å². The summed E-state index contributed by atoms with van der Waals surface area (Å²) in [5.74, 6) is 1.88. The number of fused-ring (bicyclic) bond motifs is 1. The molecule has 1 fully saturated rings. The van der Waals surface area contributed by atoms with Crippen LogP contribution in [0, 0.1) is 5.92 Å². The van der Waals surface area contributed by atoms with E-state index in [-0.39, 0.29) is 0 Å². The highest BCUT2D eigenvalue weighted by molar-refractivity contribution is 5.21. The number of morpholine rings is 1. The molecule has 0 aliphatic carbocycles. The van der Waals surface area contributed by atoms with Gasteiger partial charge in [0.25, 0.3) is 0 Å². The molecule has 0 bridgehead atoms. The van der Waals surface area contributed by atoms with E-state index in [2.05, 4.69) is 35.7 Å². The minimum Gasteiger partial charge on any atom is -0.374 e. The Morgan fingerprint density at radius 3 is 3.05 bits per heavy atom. The fourth-order valence-electron chi connectivity index (χ4n) is 3.34. The second-order valence-corrected chi connectivity index (χ2v) is 6.81. The van der Waals surface area contributed by atoms with Crippen molar-refractivity contribution in [3.05, 3.63) is 17.2 Å². The van der Waals surface area contributed by atoms with Crippen LogP contribution in [0.4, 0.5) is 0 Å². The molecule has 1 aromatic heterocycles. The van der Waals surface area contributed by atoms with Crippen molar-refractivity contribution in [2.45, 2.75) is 45.9 Å². The number of hydrogen-bond donors (Lipinski definition) is 1. The van der Waals surface area contributed by atoms with Crippen LogP contribution in [0.3, 0.4) is 0 Å². The quantitative estimate of drug-likeness (QED) is 0.901. The number of nitrogens with zero attached hydrogens (tertiary/aromatic N) is 3. The Hall–Kier alpha value is -0.910. The summed E-state index contributed by atoms with van der Waals surface area (Å²) in [6.45, 7) is 10.4. The number of hydrogen-bond acceptors (Lipinski definition) is 4. The monoisotopic (exact) mass is 292 g/mol. The van der Waals surface area contributed by atoms with Crippen LogP contribution in [0.25, 0.3) is 0 Å². The Balaban J connectivity index is 1.82. The maximum atomic E-state index is 5.97. The molecule has 5 nitrogen and oxygen atoms in total. The average molecular weight is 292 g/mol. The van der Waals surface area contributed by atoms with E-state index in [1.807, 2.05) is 0 Å². The lowest BCUT2D eigenvalue weighted by Crippen LogP contribution is -2.42. The number of nitrogens with one attached hydrogen (secondary N) is 1. The standard InChI is InChI=1S/C16H28N4O/c1-12(2)8-16-18-14-9-17-5-4-15(14)20(16)11-13-10-19(3)6-7-21-13/h12-13,17H,4-11H2,1-3H3. The van der Waals surface area contributed by atoms with Crippen LogP contribution in [0.15, 0.2) is 0 Å². The summed E-state index contributed by atoms with van der Waals surface area (Å²) in [7, 11) is 2.18. The molecule has 5 heteroatoms. The molecule has 21 heavy (non-hydrogen) atoms. The van der Waals surface area contributed by atoms with Crippen molar-refractivity contribution in [1.29, 1.82) is 0 Å². The second-order valence-electron chi connectivity index (χ2n) is 6.81. The third-order valence-corrected chi connectivity index (χ3v) is 4.38. The molecule has 3 rings (SSSR count). The molecule has 1 unspecified atom stereocenters. The lowest BCUT2D eigenvalue weighted by Gasteiger charge is -2.31. The normalized spacial score (nSPS) is 23.5. The van der Waals surface area contributed by atoms with Crippen LogP contribution < -0.4 is 5.32 Å². The van der Waals surface area contributed by atoms with Gasteiger partial charge in [0.15, 0.2) is 0 Å². The predicted octanol–water partition coefficient (Wildman–Crippen LogP) is 1.06. The summed E-state index contributed by atoms with van der Waals surface area (Å²) in [5.41, 5.74) is 2.68. The van der Waals surface area contributed by atoms with Gasteiger partial charge in [-0.05, 0) is 13.0 Å². The minimum atomic E-state index is 0.294. The highest BCUT2D eigenvalue weighted by Gasteiger charge is 2.24. The van der Waals surface area contributed by atoms with E-state index in [0.29, 0.717) is 12.0 Å². The molecule has 0 amide bonds. The van der Waals surface area contributed by atoms with Crippen LogP contribution in [0.2, 0.25) is 0 Å². The Bertz CT molecular complexity index is 483. The fraction of sp³-hybridized carbons (Fsp3) is 0.812. The van der Waals surface area contributed by atoms with Crippen LogP contribution >= 0.6 is 0 Å². The van der Waals surface area contributed by atoms with E-state index >= 15 is 0 Å². The highest BCUT2D eigenvalue weighted by atomic mass is 16.5. The first-order valence-corrected chi connectivity index (χ1v) is 8.21. The van der Waals surface area contributed by atoms with Crippen molar-refractivity contribution in [3.63, 3.8) is 0 Å². The molecule has 2 aliphatic rings. The summed E-state index contributed by atoms with van der Waals surface area (Å²) >= 11 is 0. The van der Waals surface area contributed by atoms with E-state index in [9.17, 15) is 0 Å². The minimum absolute atomic E-state index is 0.294. The molecule has 2 aliphatic heterocycles. The van der Waals surface area contributed by atoms with Gasteiger partial charge in [0.2, 0.25) is 0 Å². The predicted molar refractivity (Wildman–Crippen MR) is 83.4 cm³/mol. The van der Waals surface area contributed by atoms with Gasteiger partial charge < -0.3 is 19.5 Å². The molecular formula is C16H28N4O. The zero-order valence-electron chi connectivity index (χ0n) is 13.6. The third kappa shape index (κ3) is 3.47. The molecule has 1 aromatic rings. The molecule has 0 radical (unpaired) electrons. The summed E-state index contributed by atoms with van der Waals surface area (Å²) in [6, 6.07) is 0. The zero-order valence-corrected chi connectivity index (χ0v) is 13.6. The molecule has 1 atom stereocenters. The third-order valence-electron chi connectivity index (χ3n) is 4.38. The first-order valence-electron chi connectivity index (χ1n) is 8.21. The number of aromatic nitrogens is 2. The molecule has 0 saturated carbocycles. The SMILES string of the molecule is CC(C)Cc1nc2c(n1CC1CN(C)CCO1)CCNC2. The maximum absolute atomic E-state index is 5.97. The zero-order chi connectivity index (χ0) is 14.8. The van der Waals surface area contributed by atoms with Gasteiger partial charge in [0.1, 0.15) is 5.82 Å². The molecule has 1 saturated heterocycles. The average Bonchev–Trinajstić information content (AvgIpc) is 2.76. The molecule has 118 valence electrons. The Kier molecular flexibility index (Phi) is 4.62.